The number of aryl methyl sites for hydroxylation is 1. The molecule has 0 unspecified atom stereocenters. The average Bonchev–Trinajstić information content (AvgIpc) is 2.21. The number of nitrogens with zero attached hydrogens (tertiary/aromatic N) is 2. The monoisotopic (exact) mass is 300 g/mol. The molecule has 0 saturated carbocycles. The minimum absolute atomic E-state index is 0.0992. The van der Waals surface area contributed by atoms with Crippen LogP contribution in [0.15, 0.2) is 4.60 Å². The molecule has 0 N–H and O–H groups in total. The Labute approximate surface area is 110 Å². The van der Waals surface area contributed by atoms with E-state index in [1.807, 2.05) is 6.92 Å². The third-order valence-corrected chi connectivity index (χ3v) is 3.47. The van der Waals surface area contributed by atoms with Crippen molar-refractivity contribution in [2.75, 3.05) is 0 Å². The standard InChI is InChI=1S/C12H17BrN2O2/c1-4-5-6-7-10-8(2)11(15(16)17)12(13)14-9(10)3/h4-7H2,1-3H3. The molecule has 0 aliphatic rings. The highest BCUT2D eigenvalue weighted by Crippen LogP contribution is 2.31. The normalized spacial score (nSPS) is 10.6. The number of hydrogen-bond donors (Lipinski definition) is 0. The van der Waals surface area contributed by atoms with Crippen LogP contribution in [0.1, 0.15) is 43.0 Å². The fraction of sp³-hybridized carbons (Fsp3) is 0.583. The predicted molar refractivity (Wildman–Crippen MR) is 71.3 cm³/mol. The van der Waals surface area contributed by atoms with E-state index < -0.39 is 0 Å². The van der Waals surface area contributed by atoms with Gasteiger partial charge in [0.25, 0.3) is 0 Å². The second kappa shape index (κ2) is 6.10. The van der Waals surface area contributed by atoms with Gasteiger partial charge in [-0.15, -0.1) is 0 Å². The lowest BCUT2D eigenvalue weighted by atomic mass is 10.0. The van der Waals surface area contributed by atoms with Crippen molar-refractivity contribution < 1.29 is 4.92 Å². The number of nitro groups is 1. The van der Waals surface area contributed by atoms with Gasteiger partial charge >= 0.3 is 5.69 Å². The minimum Gasteiger partial charge on any atom is -0.258 e. The van der Waals surface area contributed by atoms with Gasteiger partial charge in [-0.2, -0.15) is 0 Å². The fourth-order valence-electron chi connectivity index (χ4n) is 1.97. The number of hydrogen-bond acceptors (Lipinski definition) is 3. The topological polar surface area (TPSA) is 56.0 Å². The van der Waals surface area contributed by atoms with E-state index in [-0.39, 0.29) is 10.6 Å². The Morgan fingerprint density at radius 1 is 1.35 bits per heavy atom. The Kier molecular flexibility index (Phi) is 5.05. The SMILES string of the molecule is CCCCCc1c(C)nc(Br)c([N+](=O)[O-])c1C. The summed E-state index contributed by atoms with van der Waals surface area (Å²) in [6, 6.07) is 0. The second-order valence-electron chi connectivity index (χ2n) is 4.15. The van der Waals surface area contributed by atoms with E-state index in [2.05, 4.69) is 27.8 Å². The van der Waals surface area contributed by atoms with E-state index >= 15 is 0 Å². The maximum Gasteiger partial charge on any atom is 0.305 e. The zero-order valence-electron chi connectivity index (χ0n) is 10.4. The van der Waals surface area contributed by atoms with Gasteiger partial charge in [-0.1, -0.05) is 19.8 Å². The summed E-state index contributed by atoms with van der Waals surface area (Å²) in [5.74, 6) is 0. The van der Waals surface area contributed by atoms with Gasteiger partial charge < -0.3 is 0 Å². The van der Waals surface area contributed by atoms with Gasteiger partial charge in [0.15, 0.2) is 4.60 Å². The fourth-order valence-corrected chi connectivity index (χ4v) is 2.68. The molecule has 0 aliphatic carbocycles. The molecule has 0 atom stereocenters. The average molecular weight is 301 g/mol. The van der Waals surface area contributed by atoms with Crippen LogP contribution >= 0.6 is 15.9 Å². The van der Waals surface area contributed by atoms with Crippen LogP contribution in [0.5, 0.6) is 0 Å². The molecule has 0 amide bonds. The highest BCUT2D eigenvalue weighted by atomic mass is 79.9. The van der Waals surface area contributed by atoms with Gasteiger partial charge in [-0.05, 0) is 48.2 Å². The van der Waals surface area contributed by atoms with Gasteiger partial charge in [0.2, 0.25) is 0 Å². The molecule has 1 aromatic heterocycles. The quantitative estimate of drug-likeness (QED) is 0.356. The van der Waals surface area contributed by atoms with Crippen molar-refractivity contribution in [3.63, 3.8) is 0 Å². The Hall–Kier alpha value is -0.970. The summed E-state index contributed by atoms with van der Waals surface area (Å²) in [7, 11) is 0. The van der Waals surface area contributed by atoms with Gasteiger partial charge in [-0.3, -0.25) is 10.1 Å². The van der Waals surface area contributed by atoms with E-state index in [4.69, 9.17) is 0 Å². The second-order valence-corrected chi connectivity index (χ2v) is 4.91. The van der Waals surface area contributed by atoms with Crippen LogP contribution in [-0.4, -0.2) is 9.91 Å². The third-order valence-electron chi connectivity index (χ3n) is 2.92. The first kappa shape index (κ1) is 14.1. The van der Waals surface area contributed by atoms with Crippen molar-refractivity contribution in [3.05, 3.63) is 31.5 Å². The van der Waals surface area contributed by atoms with E-state index in [9.17, 15) is 10.1 Å². The molecule has 4 nitrogen and oxygen atoms in total. The van der Waals surface area contributed by atoms with Crippen molar-refractivity contribution in [1.29, 1.82) is 0 Å². The summed E-state index contributed by atoms with van der Waals surface area (Å²) >= 11 is 3.16. The minimum atomic E-state index is -0.366. The molecule has 0 radical (unpaired) electrons. The molecule has 94 valence electrons. The first-order valence-electron chi connectivity index (χ1n) is 5.79. The Balaban J connectivity index is 3.12. The largest absolute Gasteiger partial charge is 0.305 e. The molecule has 1 rings (SSSR count). The van der Waals surface area contributed by atoms with Gasteiger partial charge in [0, 0.05) is 11.3 Å². The number of aromatic nitrogens is 1. The lowest BCUT2D eigenvalue weighted by Gasteiger charge is -2.10. The molecular formula is C12H17BrN2O2. The zero-order chi connectivity index (χ0) is 13.0. The number of rotatable bonds is 5. The predicted octanol–water partition coefficient (Wildman–Crippen LogP) is 4.10. The molecule has 0 fully saturated rings. The molecule has 0 aliphatic heterocycles. The Morgan fingerprint density at radius 2 is 2.00 bits per heavy atom. The van der Waals surface area contributed by atoms with Gasteiger partial charge in [0.1, 0.15) is 0 Å². The zero-order valence-corrected chi connectivity index (χ0v) is 12.0. The number of halogens is 1. The third kappa shape index (κ3) is 3.25. The van der Waals surface area contributed by atoms with E-state index in [0.717, 1.165) is 42.5 Å². The summed E-state index contributed by atoms with van der Waals surface area (Å²) in [6.07, 6.45) is 4.21. The molecular weight excluding hydrogens is 284 g/mol. The summed E-state index contributed by atoms with van der Waals surface area (Å²) in [6.45, 7) is 5.85. The van der Waals surface area contributed by atoms with Crippen molar-refractivity contribution in [1.82, 2.24) is 4.98 Å². The van der Waals surface area contributed by atoms with Crippen molar-refractivity contribution in [2.45, 2.75) is 46.5 Å². The van der Waals surface area contributed by atoms with Crippen LogP contribution in [-0.2, 0) is 6.42 Å². The summed E-state index contributed by atoms with van der Waals surface area (Å²) in [5.41, 5.74) is 2.75. The lowest BCUT2D eigenvalue weighted by Crippen LogP contribution is -2.03. The molecule has 1 aromatic rings. The summed E-state index contributed by atoms with van der Waals surface area (Å²) < 4.78 is 0.330. The molecule has 0 spiro atoms. The number of pyridine rings is 1. The number of unbranched alkanes of at least 4 members (excludes halogenated alkanes) is 2. The van der Waals surface area contributed by atoms with E-state index in [1.54, 1.807) is 6.92 Å². The first-order valence-corrected chi connectivity index (χ1v) is 6.58. The van der Waals surface area contributed by atoms with Crippen LogP contribution in [0, 0.1) is 24.0 Å². The van der Waals surface area contributed by atoms with Crippen LogP contribution in [0.4, 0.5) is 5.69 Å². The molecule has 0 saturated heterocycles. The Bertz CT molecular complexity index is 433. The molecule has 5 heteroatoms. The van der Waals surface area contributed by atoms with Gasteiger partial charge in [0.05, 0.1) is 4.92 Å². The summed E-state index contributed by atoms with van der Waals surface area (Å²) in [5, 5.41) is 11.0. The molecule has 1 heterocycles. The van der Waals surface area contributed by atoms with Crippen LogP contribution < -0.4 is 0 Å². The summed E-state index contributed by atoms with van der Waals surface area (Å²) in [4.78, 5) is 14.8. The maximum atomic E-state index is 11.0. The highest BCUT2D eigenvalue weighted by molar-refractivity contribution is 9.10. The van der Waals surface area contributed by atoms with Crippen LogP contribution in [0.2, 0.25) is 0 Å². The van der Waals surface area contributed by atoms with Crippen molar-refractivity contribution in [2.24, 2.45) is 0 Å². The van der Waals surface area contributed by atoms with E-state index in [1.165, 1.54) is 0 Å². The maximum absolute atomic E-state index is 11.0. The van der Waals surface area contributed by atoms with Gasteiger partial charge in [-0.25, -0.2) is 4.98 Å². The highest BCUT2D eigenvalue weighted by Gasteiger charge is 2.21. The first-order chi connectivity index (χ1) is 7.99. The van der Waals surface area contributed by atoms with Crippen molar-refractivity contribution >= 4 is 21.6 Å². The van der Waals surface area contributed by atoms with Crippen LogP contribution in [0.25, 0.3) is 0 Å². The van der Waals surface area contributed by atoms with Crippen LogP contribution in [0.3, 0.4) is 0 Å². The lowest BCUT2D eigenvalue weighted by molar-refractivity contribution is -0.386. The van der Waals surface area contributed by atoms with Crippen molar-refractivity contribution in [3.8, 4) is 0 Å². The smallest absolute Gasteiger partial charge is 0.258 e. The molecule has 0 aromatic carbocycles. The molecule has 17 heavy (non-hydrogen) atoms. The molecule has 0 bridgehead atoms. The van der Waals surface area contributed by atoms with E-state index in [0.29, 0.717) is 4.60 Å². The Morgan fingerprint density at radius 3 is 2.53 bits per heavy atom.